The molecule has 0 aromatic heterocycles. The van der Waals surface area contributed by atoms with E-state index in [4.69, 9.17) is 18.9 Å². The van der Waals surface area contributed by atoms with E-state index in [0.29, 0.717) is 25.7 Å². The van der Waals surface area contributed by atoms with Gasteiger partial charge in [-0.05, 0) is 37.0 Å². The van der Waals surface area contributed by atoms with Crippen LogP contribution in [-0.4, -0.2) is 46.1 Å². The molecule has 0 N–H and O–H groups in total. The van der Waals surface area contributed by atoms with Crippen molar-refractivity contribution >= 4 is 5.97 Å². The molecule has 0 fully saturated rings. The molecule has 0 aliphatic heterocycles. The van der Waals surface area contributed by atoms with Crippen molar-refractivity contribution in [2.45, 2.75) is 39.2 Å². The molecule has 0 bridgehead atoms. The van der Waals surface area contributed by atoms with E-state index in [9.17, 15) is 4.79 Å². The Morgan fingerprint density at radius 2 is 1.75 bits per heavy atom. The van der Waals surface area contributed by atoms with Crippen LogP contribution in [0.1, 0.15) is 38.7 Å². The van der Waals surface area contributed by atoms with Gasteiger partial charge in [0.05, 0.1) is 13.7 Å². The Bertz CT molecular complexity index is 469. The van der Waals surface area contributed by atoms with E-state index in [2.05, 4.69) is 13.8 Å². The van der Waals surface area contributed by atoms with E-state index in [-0.39, 0.29) is 11.9 Å². The Labute approximate surface area is 145 Å². The highest BCUT2D eigenvalue weighted by Crippen LogP contribution is 2.30. The highest BCUT2D eigenvalue weighted by molar-refractivity contribution is 5.76. The van der Waals surface area contributed by atoms with Gasteiger partial charge in [0, 0.05) is 19.6 Å². The largest absolute Gasteiger partial charge is 0.491 e. The van der Waals surface area contributed by atoms with Crippen molar-refractivity contribution in [2.75, 3.05) is 34.0 Å². The summed E-state index contributed by atoms with van der Waals surface area (Å²) >= 11 is 0. The van der Waals surface area contributed by atoms with Gasteiger partial charge in [-0.3, -0.25) is 0 Å². The first kappa shape index (κ1) is 20.5. The van der Waals surface area contributed by atoms with Gasteiger partial charge in [0.2, 0.25) is 0 Å². The second kappa shape index (κ2) is 11.0. The molecule has 0 saturated heterocycles. The average Bonchev–Trinajstić information content (AvgIpc) is 2.58. The zero-order valence-electron chi connectivity index (χ0n) is 15.4. The minimum atomic E-state index is -0.609. The maximum absolute atomic E-state index is 12.0. The molecule has 0 aliphatic carbocycles. The minimum absolute atomic E-state index is 0.0556. The first-order valence-electron chi connectivity index (χ1n) is 8.44. The van der Waals surface area contributed by atoms with Crippen LogP contribution >= 0.6 is 0 Å². The number of esters is 1. The molecule has 0 saturated carbocycles. The summed E-state index contributed by atoms with van der Waals surface area (Å²) in [5.41, 5.74) is 1.04. The highest BCUT2D eigenvalue weighted by atomic mass is 16.6. The Kier molecular flexibility index (Phi) is 9.42. The molecule has 0 heterocycles. The number of carbonyl (C=O) groups is 1. The van der Waals surface area contributed by atoms with Gasteiger partial charge in [-0.1, -0.05) is 26.0 Å². The van der Waals surface area contributed by atoms with Crippen molar-refractivity contribution in [3.05, 3.63) is 29.8 Å². The van der Waals surface area contributed by atoms with Crippen LogP contribution in [0.2, 0.25) is 0 Å². The van der Waals surface area contributed by atoms with Crippen molar-refractivity contribution in [1.29, 1.82) is 0 Å². The Morgan fingerprint density at radius 3 is 2.25 bits per heavy atom. The number of ether oxygens (including phenoxy) is 4. The summed E-state index contributed by atoms with van der Waals surface area (Å²) in [4.78, 5) is 12.0. The first-order valence-corrected chi connectivity index (χ1v) is 8.44. The van der Waals surface area contributed by atoms with Crippen LogP contribution in [-0.2, 0) is 19.0 Å². The molecular weight excluding hydrogens is 308 g/mol. The van der Waals surface area contributed by atoms with Crippen LogP contribution in [0.25, 0.3) is 0 Å². The number of rotatable bonds is 11. The Hall–Kier alpha value is -1.59. The zero-order valence-corrected chi connectivity index (χ0v) is 15.4. The number of methoxy groups -OCH3 is 2. The lowest BCUT2D eigenvalue weighted by Gasteiger charge is -2.26. The second-order valence-corrected chi connectivity index (χ2v) is 6.03. The molecule has 5 heteroatoms. The molecule has 1 rings (SSSR count). The molecule has 24 heavy (non-hydrogen) atoms. The fraction of sp³-hybridized carbons (Fsp3) is 0.632. The highest BCUT2D eigenvalue weighted by Gasteiger charge is 2.31. The summed E-state index contributed by atoms with van der Waals surface area (Å²) in [5, 5.41) is 0. The third-order valence-electron chi connectivity index (χ3n) is 3.79. The minimum Gasteiger partial charge on any atom is -0.491 e. The van der Waals surface area contributed by atoms with E-state index < -0.39 is 6.10 Å². The SMILES string of the molecule is CCOCCOc1ccc(C(CC(C)C)C(OC)C(=O)OC)cc1. The van der Waals surface area contributed by atoms with Crippen molar-refractivity contribution < 1.29 is 23.7 Å². The van der Waals surface area contributed by atoms with E-state index in [1.807, 2.05) is 31.2 Å². The van der Waals surface area contributed by atoms with E-state index >= 15 is 0 Å². The number of benzene rings is 1. The zero-order chi connectivity index (χ0) is 17.9. The van der Waals surface area contributed by atoms with Crippen molar-refractivity contribution in [3.8, 4) is 5.75 Å². The van der Waals surface area contributed by atoms with Gasteiger partial charge in [0.25, 0.3) is 0 Å². The fourth-order valence-electron chi connectivity index (χ4n) is 2.66. The van der Waals surface area contributed by atoms with E-state index in [1.54, 1.807) is 7.11 Å². The number of hydrogen-bond donors (Lipinski definition) is 0. The lowest BCUT2D eigenvalue weighted by molar-refractivity contribution is -0.154. The third kappa shape index (κ3) is 6.49. The summed E-state index contributed by atoms with van der Waals surface area (Å²) < 4.78 is 21.2. The molecule has 2 unspecified atom stereocenters. The van der Waals surface area contributed by atoms with Crippen LogP contribution in [0.5, 0.6) is 5.75 Å². The lowest BCUT2D eigenvalue weighted by Crippen LogP contribution is -2.32. The van der Waals surface area contributed by atoms with Gasteiger partial charge in [0.1, 0.15) is 12.4 Å². The van der Waals surface area contributed by atoms with Gasteiger partial charge < -0.3 is 18.9 Å². The quantitative estimate of drug-likeness (QED) is 0.457. The van der Waals surface area contributed by atoms with Gasteiger partial charge in [0.15, 0.2) is 6.10 Å². The maximum Gasteiger partial charge on any atom is 0.335 e. The normalized spacial score (nSPS) is 13.6. The van der Waals surface area contributed by atoms with Crippen LogP contribution < -0.4 is 4.74 Å². The second-order valence-electron chi connectivity index (χ2n) is 6.03. The van der Waals surface area contributed by atoms with Gasteiger partial charge in [-0.25, -0.2) is 4.79 Å². The average molecular weight is 338 g/mol. The first-order chi connectivity index (χ1) is 11.5. The molecule has 1 aromatic carbocycles. The van der Waals surface area contributed by atoms with Crippen molar-refractivity contribution in [3.63, 3.8) is 0 Å². The summed E-state index contributed by atoms with van der Waals surface area (Å²) in [6.07, 6.45) is 0.222. The fourth-order valence-corrected chi connectivity index (χ4v) is 2.66. The molecule has 0 amide bonds. The third-order valence-corrected chi connectivity index (χ3v) is 3.79. The van der Waals surface area contributed by atoms with Gasteiger partial charge in [-0.2, -0.15) is 0 Å². The monoisotopic (exact) mass is 338 g/mol. The molecule has 0 aliphatic rings. The molecule has 5 nitrogen and oxygen atoms in total. The van der Waals surface area contributed by atoms with Crippen molar-refractivity contribution in [1.82, 2.24) is 0 Å². The van der Waals surface area contributed by atoms with Crippen LogP contribution in [0.4, 0.5) is 0 Å². The van der Waals surface area contributed by atoms with Crippen molar-refractivity contribution in [2.24, 2.45) is 5.92 Å². The molecule has 136 valence electrons. The summed E-state index contributed by atoms with van der Waals surface area (Å²) in [6, 6.07) is 7.80. The lowest BCUT2D eigenvalue weighted by atomic mass is 9.85. The van der Waals surface area contributed by atoms with Gasteiger partial charge in [-0.15, -0.1) is 0 Å². The summed E-state index contributed by atoms with van der Waals surface area (Å²) in [6.45, 7) is 7.99. The van der Waals surface area contributed by atoms with Gasteiger partial charge >= 0.3 is 5.97 Å². The van der Waals surface area contributed by atoms with E-state index in [1.165, 1.54) is 7.11 Å². The standard InChI is InChI=1S/C19H30O5/c1-6-23-11-12-24-16-9-7-15(8-10-16)17(13-14(2)3)18(21-4)19(20)22-5/h7-10,14,17-18H,6,11-13H2,1-5H3. The Morgan fingerprint density at radius 1 is 1.08 bits per heavy atom. The summed E-state index contributed by atoms with van der Waals surface area (Å²) in [7, 11) is 2.93. The predicted octanol–water partition coefficient (Wildman–Crippen LogP) is 3.42. The van der Waals surface area contributed by atoms with Crippen LogP contribution in [0, 0.1) is 5.92 Å². The summed E-state index contributed by atoms with van der Waals surface area (Å²) in [5.74, 6) is 0.813. The Balaban J connectivity index is 2.84. The smallest absolute Gasteiger partial charge is 0.335 e. The van der Waals surface area contributed by atoms with Crippen LogP contribution in [0.15, 0.2) is 24.3 Å². The number of hydrogen-bond acceptors (Lipinski definition) is 5. The molecular formula is C19H30O5. The van der Waals surface area contributed by atoms with Crippen LogP contribution in [0.3, 0.4) is 0 Å². The molecule has 0 spiro atoms. The number of carbonyl (C=O) groups excluding carboxylic acids is 1. The maximum atomic E-state index is 12.0. The topological polar surface area (TPSA) is 54.0 Å². The molecule has 1 aromatic rings. The van der Waals surface area contributed by atoms with E-state index in [0.717, 1.165) is 17.7 Å². The predicted molar refractivity (Wildman–Crippen MR) is 93.4 cm³/mol. The molecule has 2 atom stereocenters. The molecule has 0 radical (unpaired) electrons.